The highest BCUT2D eigenvalue weighted by atomic mass is 19.4. The summed E-state index contributed by atoms with van der Waals surface area (Å²) in [5.74, 6) is -2.48. The number of rotatable bonds is 3. The third-order valence-electron chi connectivity index (χ3n) is 6.44. The monoisotopic (exact) mass is 451 g/mol. The van der Waals surface area contributed by atoms with Crippen LogP contribution in [-0.2, 0) is 0 Å². The number of aromatic hydroxyl groups is 1. The number of anilines is 1. The Kier molecular flexibility index (Phi) is 5.27. The van der Waals surface area contributed by atoms with Crippen molar-refractivity contribution in [2.24, 2.45) is 0 Å². The van der Waals surface area contributed by atoms with E-state index in [4.69, 9.17) is 0 Å². The average molecular weight is 451 g/mol. The van der Waals surface area contributed by atoms with Crippen LogP contribution in [-0.4, -0.2) is 33.3 Å². The molecule has 32 heavy (non-hydrogen) atoms. The van der Waals surface area contributed by atoms with Gasteiger partial charge in [-0.15, -0.1) is 0 Å². The number of halogens is 4. The number of aliphatic hydroxyl groups is 1. The standard InChI is InChI=1S/C23H22F4N2O3/c1-3-13-11-22(31,23(25,26)27)21(15-10-12(2)19(24)20(30)18(13)15)28-16-7-4-8-17-14(16)6-5-9-29(17)32/h4-8,10,13,21,28,31H,3,9,11H2,1-2H3/p+1/t13-,21-,22-/m0/s1. The van der Waals surface area contributed by atoms with Crippen molar-refractivity contribution in [1.29, 1.82) is 0 Å². The Morgan fingerprint density at radius 3 is 2.69 bits per heavy atom. The van der Waals surface area contributed by atoms with Gasteiger partial charge in [-0.2, -0.15) is 13.2 Å². The van der Waals surface area contributed by atoms with Crippen molar-refractivity contribution in [2.45, 2.75) is 50.4 Å². The number of nitrogens with one attached hydrogen (secondary N) is 1. The number of fused-ring (bicyclic) bond motifs is 2. The first-order valence-corrected chi connectivity index (χ1v) is 10.3. The Morgan fingerprint density at radius 1 is 1.31 bits per heavy atom. The molecule has 3 N–H and O–H groups in total. The molecule has 170 valence electrons. The van der Waals surface area contributed by atoms with Gasteiger partial charge in [0, 0.05) is 27.0 Å². The van der Waals surface area contributed by atoms with Gasteiger partial charge in [0.15, 0.2) is 17.2 Å². The summed E-state index contributed by atoms with van der Waals surface area (Å²) in [4.78, 5) is 12.2. The van der Waals surface area contributed by atoms with Crippen molar-refractivity contribution in [3.63, 3.8) is 0 Å². The molecule has 0 spiro atoms. The van der Waals surface area contributed by atoms with E-state index in [2.05, 4.69) is 5.32 Å². The van der Waals surface area contributed by atoms with E-state index in [0.717, 1.165) is 0 Å². The highest BCUT2D eigenvalue weighted by Crippen LogP contribution is 2.56. The number of aryl methyl sites for hydroxylation is 1. The molecule has 2 aromatic rings. The lowest BCUT2D eigenvalue weighted by Crippen LogP contribution is -2.55. The van der Waals surface area contributed by atoms with Gasteiger partial charge in [-0.1, -0.05) is 19.1 Å². The second-order valence-electron chi connectivity index (χ2n) is 8.37. The maximum atomic E-state index is 14.5. The predicted octanol–water partition coefficient (Wildman–Crippen LogP) is 5.62. The van der Waals surface area contributed by atoms with Gasteiger partial charge >= 0.3 is 6.18 Å². The van der Waals surface area contributed by atoms with Crippen LogP contribution in [0.3, 0.4) is 0 Å². The van der Waals surface area contributed by atoms with Gasteiger partial charge in [-0.25, -0.2) is 4.39 Å². The highest BCUT2D eigenvalue weighted by molar-refractivity contribution is 5.76. The Balaban J connectivity index is 1.94. The van der Waals surface area contributed by atoms with Gasteiger partial charge in [-0.3, -0.25) is 0 Å². The molecule has 2 aliphatic rings. The summed E-state index contributed by atoms with van der Waals surface area (Å²) in [6.07, 6.45) is -2.37. The second-order valence-corrected chi connectivity index (χ2v) is 8.37. The Morgan fingerprint density at radius 2 is 2.03 bits per heavy atom. The first-order valence-electron chi connectivity index (χ1n) is 10.3. The van der Waals surface area contributed by atoms with Gasteiger partial charge in [0.05, 0.1) is 11.6 Å². The highest BCUT2D eigenvalue weighted by Gasteiger charge is 2.62. The van der Waals surface area contributed by atoms with Crippen LogP contribution < -0.4 is 5.32 Å². The van der Waals surface area contributed by atoms with Crippen LogP contribution in [0.4, 0.5) is 28.9 Å². The number of benzene rings is 2. The molecule has 0 saturated heterocycles. The maximum absolute atomic E-state index is 14.5. The molecule has 0 fully saturated rings. The van der Waals surface area contributed by atoms with Crippen LogP contribution in [0.5, 0.6) is 5.75 Å². The van der Waals surface area contributed by atoms with E-state index in [0.29, 0.717) is 10.3 Å². The van der Waals surface area contributed by atoms with Crippen LogP contribution in [0.15, 0.2) is 30.3 Å². The molecule has 2 aromatic carbocycles. The normalized spacial score (nSPS) is 24.8. The van der Waals surface area contributed by atoms with Crippen molar-refractivity contribution >= 4 is 17.5 Å². The van der Waals surface area contributed by atoms with Gasteiger partial charge in [0.25, 0.3) is 5.69 Å². The van der Waals surface area contributed by atoms with Gasteiger partial charge in [-0.05, 0) is 55.0 Å². The number of hydrogen-bond acceptors (Lipinski definition) is 4. The molecular weight excluding hydrogens is 428 g/mol. The summed E-state index contributed by atoms with van der Waals surface area (Å²) in [5.41, 5.74) is -2.28. The van der Waals surface area contributed by atoms with Crippen molar-refractivity contribution in [1.82, 2.24) is 0 Å². The number of alkyl halides is 3. The molecule has 0 unspecified atom stereocenters. The van der Waals surface area contributed by atoms with E-state index in [1.807, 2.05) is 0 Å². The molecule has 5 nitrogen and oxygen atoms in total. The summed E-state index contributed by atoms with van der Waals surface area (Å²) >= 11 is 0. The molecule has 0 amide bonds. The third-order valence-corrected chi connectivity index (χ3v) is 6.44. The summed E-state index contributed by atoms with van der Waals surface area (Å²) in [6, 6.07) is 4.11. The van der Waals surface area contributed by atoms with Crippen molar-refractivity contribution < 1.29 is 32.5 Å². The molecule has 1 heterocycles. The predicted molar refractivity (Wildman–Crippen MR) is 111 cm³/mol. The quantitative estimate of drug-likeness (QED) is 0.418. The van der Waals surface area contributed by atoms with E-state index < -0.39 is 41.7 Å². The van der Waals surface area contributed by atoms with Crippen LogP contribution in [0.1, 0.15) is 54.0 Å². The largest absolute Gasteiger partial charge is 0.505 e. The van der Waals surface area contributed by atoms with Crippen molar-refractivity contribution in [2.75, 3.05) is 11.9 Å². The van der Waals surface area contributed by atoms with E-state index >= 15 is 0 Å². The summed E-state index contributed by atoms with van der Waals surface area (Å²) in [7, 11) is 0. The number of phenols is 1. The SMILES string of the molecule is CC[C@H]1C[C@@](O)(C(F)(F)F)[C@@H](Nc2cccc3c2C=CC[N+]3=O)c2cc(C)c(F)c(O)c21. The number of phenolic OH excluding ortho intramolecular Hbond substituents is 1. The molecule has 0 bridgehead atoms. The zero-order valence-electron chi connectivity index (χ0n) is 17.5. The summed E-state index contributed by atoms with van der Waals surface area (Å²) in [5, 5.41) is 24.3. The Bertz CT molecular complexity index is 1130. The first kappa shape index (κ1) is 22.3. The van der Waals surface area contributed by atoms with Crippen LogP contribution >= 0.6 is 0 Å². The minimum atomic E-state index is -5.01. The molecule has 0 radical (unpaired) electrons. The van der Waals surface area contributed by atoms with E-state index in [-0.39, 0.29) is 41.0 Å². The zero-order chi connectivity index (χ0) is 23.4. The second kappa shape index (κ2) is 7.58. The molecular formula is C23H23F4N2O3+. The lowest BCUT2D eigenvalue weighted by molar-refractivity contribution is -0.452. The van der Waals surface area contributed by atoms with E-state index in [9.17, 15) is 32.7 Å². The topological polar surface area (TPSA) is 72.6 Å². The number of nitrogens with zero attached hydrogens (tertiary/aromatic N) is 1. The fourth-order valence-electron chi connectivity index (χ4n) is 4.75. The maximum Gasteiger partial charge on any atom is 0.419 e. The minimum absolute atomic E-state index is 0.0179. The molecule has 1 aliphatic carbocycles. The molecule has 3 atom stereocenters. The number of hydrogen-bond donors (Lipinski definition) is 3. The summed E-state index contributed by atoms with van der Waals surface area (Å²) in [6.45, 7) is 3.08. The average Bonchev–Trinajstić information content (AvgIpc) is 2.73. The smallest absolute Gasteiger partial charge is 0.419 e. The lowest BCUT2D eigenvalue weighted by atomic mass is 9.68. The molecule has 0 aromatic heterocycles. The van der Waals surface area contributed by atoms with E-state index in [1.54, 1.807) is 25.1 Å². The number of nitroso groups, excluding NO2 is 1. The fourth-order valence-corrected chi connectivity index (χ4v) is 4.75. The van der Waals surface area contributed by atoms with Crippen molar-refractivity contribution in [3.8, 4) is 5.75 Å². The van der Waals surface area contributed by atoms with Crippen LogP contribution in [0, 0.1) is 17.6 Å². The van der Waals surface area contributed by atoms with Gasteiger partial charge in [0.2, 0.25) is 6.54 Å². The molecule has 4 rings (SSSR count). The molecule has 9 heteroatoms. The van der Waals surface area contributed by atoms with E-state index in [1.165, 1.54) is 25.1 Å². The van der Waals surface area contributed by atoms with Gasteiger partial charge in [0.1, 0.15) is 0 Å². The van der Waals surface area contributed by atoms with Crippen molar-refractivity contribution in [3.05, 3.63) is 63.3 Å². The fraction of sp³-hybridized carbons (Fsp3) is 0.391. The van der Waals surface area contributed by atoms with Gasteiger partial charge < -0.3 is 15.5 Å². The van der Waals surface area contributed by atoms with Crippen LogP contribution in [0.2, 0.25) is 0 Å². The first-order chi connectivity index (χ1) is 15.0. The molecule has 1 aliphatic heterocycles. The summed E-state index contributed by atoms with van der Waals surface area (Å²) < 4.78 is 58.0. The third kappa shape index (κ3) is 3.26. The minimum Gasteiger partial charge on any atom is -0.505 e. The zero-order valence-corrected chi connectivity index (χ0v) is 17.5. The van der Waals surface area contributed by atoms with Crippen LogP contribution in [0.25, 0.3) is 6.08 Å². The molecule has 0 saturated carbocycles. The Hall–Kier alpha value is -2.94. The Labute approximate surface area is 182 Å². The lowest BCUT2D eigenvalue weighted by Gasteiger charge is -2.46.